The number of amides is 1. The van der Waals surface area contributed by atoms with Crippen LogP contribution in [-0.4, -0.2) is 19.1 Å². The van der Waals surface area contributed by atoms with Crippen molar-refractivity contribution in [3.05, 3.63) is 96.1 Å². The van der Waals surface area contributed by atoms with Crippen LogP contribution in [0.2, 0.25) is 0 Å². The minimum atomic E-state index is -0.129. The molecule has 0 aliphatic rings. The number of hydrogen-bond donors (Lipinski definition) is 1. The molecule has 0 radical (unpaired) electrons. The monoisotopic (exact) mass is 357 g/mol. The van der Waals surface area contributed by atoms with Gasteiger partial charge in [-0.05, 0) is 41.3 Å². The number of ether oxygens (including phenoxy) is 1. The molecular formula is C24H23NO2. The summed E-state index contributed by atoms with van der Waals surface area (Å²) in [5, 5.41) is 2.83. The summed E-state index contributed by atoms with van der Waals surface area (Å²) >= 11 is 0. The Labute approximate surface area is 160 Å². The summed E-state index contributed by atoms with van der Waals surface area (Å²) in [4.78, 5) is 11.9. The van der Waals surface area contributed by atoms with Gasteiger partial charge in [-0.1, -0.05) is 72.8 Å². The Morgan fingerprint density at radius 3 is 2.30 bits per heavy atom. The van der Waals surface area contributed by atoms with Crippen LogP contribution in [0.25, 0.3) is 17.2 Å². The highest BCUT2D eigenvalue weighted by atomic mass is 16.5. The van der Waals surface area contributed by atoms with Crippen molar-refractivity contribution >= 4 is 12.0 Å². The number of aryl methyl sites for hydroxylation is 1. The van der Waals surface area contributed by atoms with Gasteiger partial charge in [0, 0.05) is 6.08 Å². The van der Waals surface area contributed by atoms with Crippen LogP contribution in [-0.2, 0) is 4.79 Å². The van der Waals surface area contributed by atoms with E-state index in [4.69, 9.17) is 4.74 Å². The van der Waals surface area contributed by atoms with Gasteiger partial charge >= 0.3 is 0 Å². The second-order valence-electron chi connectivity index (χ2n) is 6.23. The van der Waals surface area contributed by atoms with Gasteiger partial charge in [0.15, 0.2) is 0 Å². The molecule has 0 heterocycles. The van der Waals surface area contributed by atoms with E-state index in [9.17, 15) is 4.79 Å². The highest BCUT2D eigenvalue weighted by Crippen LogP contribution is 2.19. The first kappa shape index (κ1) is 18.5. The summed E-state index contributed by atoms with van der Waals surface area (Å²) in [6.45, 7) is 2.90. The molecule has 136 valence electrons. The second-order valence-corrected chi connectivity index (χ2v) is 6.23. The topological polar surface area (TPSA) is 38.3 Å². The van der Waals surface area contributed by atoms with Crippen LogP contribution in [0.5, 0.6) is 5.75 Å². The molecule has 0 saturated carbocycles. The molecular weight excluding hydrogens is 334 g/mol. The normalized spacial score (nSPS) is 10.7. The van der Waals surface area contributed by atoms with E-state index in [1.54, 1.807) is 6.08 Å². The van der Waals surface area contributed by atoms with Gasteiger partial charge < -0.3 is 10.1 Å². The molecule has 3 aromatic rings. The minimum Gasteiger partial charge on any atom is -0.491 e. The molecule has 0 bridgehead atoms. The molecule has 3 rings (SSSR count). The molecule has 3 aromatic carbocycles. The molecule has 3 nitrogen and oxygen atoms in total. The largest absolute Gasteiger partial charge is 0.491 e. The Hall–Kier alpha value is -3.33. The third-order valence-electron chi connectivity index (χ3n) is 4.20. The van der Waals surface area contributed by atoms with Crippen molar-refractivity contribution in [1.29, 1.82) is 0 Å². The van der Waals surface area contributed by atoms with Crippen molar-refractivity contribution in [1.82, 2.24) is 5.32 Å². The molecule has 1 N–H and O–H groups in total. The Kier molecular flexibility index (Phi) is 6.42. The van der Waals surface area contributed by atoms with E-state index in [1.165, 1.54) is 5.56 Å². The van der Waals surface area contributed by atoms with Crippen molar-refractivity contribution in [2.45, 2.75) is 6.92 Å². The lowest BCUT2D eigenvalue weighted by Gasteiger charge is -2.08. The number of benzene rings is 3. The standard InChI is InChI=1S/C24H23NO2/c1-19-7-5-6-10-23(19)27-18-17-25-24(26)16-13-20-11-14-22(15-12-20)21-8-3-2-4-9-21/h2-16H,17-18H2,1H3,(H,25,26). The number of carbonyl (C=O) groups excluding carboxylic acids is 1. The maximum absolute atomic E-state index is 11.9. The first-order valence-corrected chi connectivity index (χ1v) is 9.02. The predicted octanol–water partition coefficient (Wildman–Crippen LogP) is 4.87. The molecule has 0 fully saturated rings. The number of rotatable bonds is 7. The van der Waals surface area contributed by atoms with Gasteiger partial charge in [0.2, 0.25) is 5.91 Å². The molecule has 0 spiro atoms. The van der Waals surface area contributed by atoms with Gasteiger partial charge in [-0.15, -0.1) is 0 Å². The third kappa shape index (κ3) is 5.58. The van der Waals surface area contributed by atoms with E-state index < -0.39 is 0 Å². The van der Waals surface area contributed by atoms with Crippen LogP contribution < -0.4 is 10.1 Å². The zero-order valence-corrected chi connectivity index (χ0v) is 15.4. The molecule has 0 unspecified atom stereocenters. The molecule has 0 aliphatic carbocycles. The molecule has 0 aliphatic heterocycles. The maximum Gasteiger partial charge on any atom is 0.244 e. The fourth-order valence-electron chi connectivity index (χ4n) is 2.70. The van der Waals surface area contributed by atoms with Gasteiger partial charge in [0.25, 0.3) is 0 Å². The van der Waals surface area contributed by atoms with Gasteiger partial charge in [-0.3, -0.25) is 4.79 Å². The van der Waals surface area contributed by atoms with Crippen LogP contribution in [0, 0.1) is 6.92 Å². The molecule has 0 saturated heterocycles. The van der Waals surface area contributed by atoms with Crippen molar-refractivity contribution in [2.24, 2.45) is 0 Å². The predicted molar refractivity (Wildman–Crippen MR) is 111 cm³/mol. The quantitative estimate of drug-likeness (QED) is 0.484. The van der Waals surface area contributed by atoms with Crippen molar-refractivity contribution in [3.8, 4) is 16.9 Å². The summed E-state index contributed by atoms with van der Waals surface area (Å²) < 4.78 is 5.67. The van der Waals surface area contributed by atoms with Crippen LogP contribution >= 0.6 is 0 Å². The highest BCUT2D eigenvalue weighted by Gasteiger charge is 1.99. The third-order valence-corrected chi connectivity index (χ3v) is 4.20. The second kappa shape index (κ2) is 9.39. The van der Waals surface area contributed by atoms with Crippen LogP contribution in [0.3, 0.4) is 0 Å². The SMILES string of the molecule is Cc1ccccc1OCCNC(=O)C=Cc1ccc(-c2ccccc2)cc1. The Morgan fingerprint density at radius 1 is 0.889 bits per heavy atom. The number of hydrogen-bond acceptors (Lipinski definition) is 2. The van der Waals surface area contributed by atoms with Gasteiger partial charge in [0.1, 0.15) is 12.4 Å². The average Bonchev–Trinajstić information content (AvgIpc) is 2.72. The number of para-hydroxylation sites is 1. The van der Waals surface area contributed by atoms with E-state index >= 15 is 0 Å². The summed E-state index contributed by atoms with van der Waals surface area (Å²) in [5.41, 5.74) is 4.41. The van der Waals surface area contributed by atoms with Gasteiger partial charge in [0.05, 0.1) is 6.54 Å². The Balaban J connectivity index is 1.45. The lowest BCUT2D eigenvalue weighted by Crippen LogP contribution is -2.26. The van der Waals surface area contributed by atoms with Crippen LogP contribution in [0.4, 0.5) is 0 Å². The lowest BCUT2D eigenvalue weighted by molar-refractivity contribution is -0.116. The fraction of sp³-hybridized carbons (Fsp3) is 0.125. The maximum atomic E-state index is 11.9. The summed E-state index contributed by atoms with van der Waals surface area (Å²) in [5.74, 6) is 0.719. The molecule has 3 heteroatoms. The average molecular weight is 357 g/mol. The molecule has 27 heavy (non-hydrogen) atoms. The van der Waals surface area contributed by atoms with Crippen molar-refractivity contribution in [2.75, 3.05) is 13.2 Å². The van der Waals surface area contributed by atoms with Crippen LogP contribution in [0.15, 0.2) is 84.9 Å². The van der Waals surface area contributed by atoms with E-state index in [-0.39, 0.29) is 5.91 Å². The Bertz CT molecular complexity index is 899. The van der Waals surface area contributed by atoms with E-state index in [0.717, 1.165) is 22.4 Å². The van der Waals surface area contributed by atoms with Crippen molar-refractivity contribution < 1.29 is 9.53 Å². The zero-order valence-electron chi connectivity index (χ0n) is 15.4. The van der Waals surface area contributed by atoms with Crippen molar-refractivity contribution in [3.63, 3.8) is 0 Å². The number of nitrogens with one attached hydrogen (secondary N) is 1. The fourth-order valence-corrected chi connectivity index (χ4v) is 2.70. The van der Waals surface area contributed by atoms with Crippen LogP contribution in [0.1, 0.15) is 11.1 Å². The van der Waals surface area contributed by atoms with Gasteiger partial charge in [-0.25, -0.2) is 0 Å². The number of carbonyl (C=O) groups is 1. The van der Waals surface area contributed by atoms with E-state index in [0.29, 0.717) is 13.2 Å². The first-order chi connectivity index (χ1) is 13.2. The lowest BCUT2D eigenvalue weighted by atomic mass is 10.0. The minimum absolute atomic E-state index is 0.129. The smallest absolute Gasteiger partial charge is 0.244 e. The van der Waals surface area contributed by atoms with Gasteiger partial charge in [-0.2, -0.15) is 0 Å². The summed E-state index contributed by atoms with van der Waals surface area (Å²) in [6, 6.07) is 26.2. The van der Waals surface area contributed by atoms with E-state index in [2.05, 4.69) is 29.6 Å². The summed E-state index contributed by atoms with van der Waals surface area (Å²) in [6.07, 6.45) is 3.36. The molecule has 0 atom stereocenters. The summed E-state index contributed by atoms with van der Waals surface area (Å²) in [7, 11) is 0. The highest BCUT2D eigenvalue weighted by molar-refractivity contribution is 5.91. The first-order valence-electron chi connectivity index (χ1n) is 9.02. The Morgan fingerprint density at radius 2 is 1.56 bits per heavy atom. The van der Waals surface area contributed by atoms with E-state index in [1.807, 2.05) is 67.6 Å². The molecule has 0 aromatic heterocycles. The zero-order chi connectivity index (χ0) is 18.9. The molecule has 1 amide bonds.